The lowest BCUT2D eigenvalue weighted by atomic mass is 10.1. The molecule has 1 atom stereocenters. The van der Waals surface area contributed by atoms with Gasteiger partial charge in [-0.05, 0) is 30.7 Å². The molecule has 1 unspecified atom stereocenters. The van der Waals surface area contributed by atoms with Crippen LogP contribution in [0, 0.1) is 5.82 Å². The second-order valence-electron chi connectivity index (χ2n) is 5.53. The van der Waals surface area contributed by atoms with E-state index < -0.39 is 17.7 Å². The van der Waals surface area contributed by atoms with Gasteiger partial charge in [0.1, 0.15) is 5.65 Å². The Kier molecular flexibility index (Phi) is 9.50. The van der Waals surface area contributed by atoms with Crippen LogP contribution in [0.2, 0.25) is 5.02 Å². The fourth-order valence-electron chi connectivity index (χ4n) is 2.30. The van der Waals surface area contributed by atoms with Gasteiger partial charge in [0.25, 0.3) is 0 Å². The summed E-state index contributed by atoms with van der Waals surface area (Å²) in [5.41, 5.74) is 6.59. The Bertz CT molecular complexity index is 1030. The van der Waals surface area contributed by atoms with Crippen LogP contribution in [0.15, 0.2) is 34.3 Å². The number of nitrogens with one attached hydrogen (secondary N) is 1. The molecule has 1 aromatic carbocycles. The van der Waals surface area contributed by atoms with Gasteiger partial charge in [-0.3, -0.25) is 5.73 Å². The third-order valence-corrected chi connectivity index (χ3v) is 3.71. The Hall–Kier alpha value is -2.71. The molecule has 0 fully saturated rings. The van der Waals surface area contributed by atoms with Gasteiger partial charge in [-0.25, -0.2) is 9.18 Å². The number of H-pyrrole nitrogens is 1. The number of halogens is 2. The van der Waals surface area contributed by atoms with Gasteiger partial charge in [-0.15, -0.1) is 0 Å². The van der Waals surface area contributed by atoms with E-state index in [1.807, 2.05) is 27.7 Å². The summed E-state index contributed by atoms with van der Waals surface area (Å²) in [7, 11) is 1.59. The molecule has 0 aliphatic heterocycles. The Morgan fingerprint density at radius 1 is 1.31 bits per heavy atom. The number of nitrogens with zero attached hydrogens (tertiary/aromatic N) is 3. The molecule has 2 heterocycles. The molecule has 0 amide bonds. The average molecular weight is 424 g/mol. The molecule has 158 valence electrons. The average Bonchev–Trinajstić information content (AvgIpc) is 3.10. The molecule has 0 aliphatic rings. The highest BCUT2D eigenvalue weighted by molar-refractivity contribution is 6.31. The van der Waals surface area contributed by atoms with E-state index in [0.29, 0.717) is 22.3 Å². The monoisotopic (exact) mass is 423 g/mol. The molecule has 9 heteroatoms. The van der Waals surface area contributed by atoms with Crippen molar-refractivity contribution in [3.8, 4) is 11.3 Å². The fraction of sp³-hybridized carbons (Fsp3) is 0.350. The number of fused-ring (bicyclic) bond motifs is 1. The Labute approximate surface area is 174 Å². The second kappa shape index (κ2) is 11.3. The van der Waals surface area contributed by atoms with Crippen LogP contribution >= 0.6 is 11.6 Å². The van der Waals surface area contributed by atoms with Crippen molar-refractivity contribution in [2.24, 2.45) is 17.9 Å². The lowest BCUT2D eigenvalue weighted by Gasteiger charge is -2.05. The molecule has 2 aromatic heterocycles. The first-order valence-corrected chi connectivity index (χ1v) is 9.73. The van der Waals surface area contributed by atoms with Crippen LogP contribution in [0.4, 0.5) is 4.39 Å². The van der Waals surface area contributed by atoms with E-state index in [0.717, 1.165) is 0 Å². The van der Waals surface area contributed by atoms with E-state index in [1.165, 1.54) is 16.8 Å². The van der Waals surface area contributed by atoms with Gasteiger partial charge in [-0.2, -0.15) is 4.98 Å². The molecule has 0 radical (unpaired) electrons. The molecular weight excluding hydrogens is 397 g/mol. The van der Waals surface area contributed by atoms with Crippen molar-refractivity contribution >= 4 is 28.8 Å². The topological polar surface area (TPSA) is 98.3 Å². The minimum absolute atomic E-state index is 0.0681. The minimum atomic E-state index is -0.592. The number of hydrogen-bond donors (Lipinski definition) is 2. The molecular formula is C20H27ClFN5O2. The SMILES string of the molecule is CC.CC.CC(N)O/N=C/c1cc(Cl)c(F)c(-c2cc3cn(C)c(=O)nc3[nH]2)c1. The smallest absolute Gasteiger partial charge is 0.349 e. The van der Waals surface area contributed by atoms with E-state index in [1.54, 1.807) is 32.3 Å². The van der Waals surface area contributed by atoms with Crippen molar-refractivity contribution in [1.82, 2.24) is 14.5 Å². The summed E-state index contributed by atoms with van der Waals surface area (Å²) in [6.07, 6.45) is 2.44. The predicted octanol–water partition coefficient (Wildman–Crippen LogP) is 4.43. The Morgan fingerprint density at radius 2 is 1.97 bits per heavy atom. The number of aromatic nitrogens is 3. The molecule has 3 aromatic rings. The molecule has 3 N–H and O–H groups in total. The molecule has 29 heavy (non-hydrogen) atoms. The van der Waals surface area contributed by atoms with Crippen molar-refractivity contribution in [2.45, 2.75) is 40.8 Å². The lowest BCUT2D eigenvalue weighted by molar-refractivity contribution is 0.0787. The number of aryl methyl sites for hydroxylation is 1. The number of rotatable bonds is 4. The summed E-state index contributed by atoms with van der Waals surface area (Å²) in [6, 6.07) is 4.67. The molecule has 0 bridgehead atoms. The largest absolute Gasteiger partial charge is 0.377 e. The first-order valence-electron chi connectivity index (χ1n) is 9.35. The van der Waals surface area contributed by atoms with Crippen molar-refractivity contribution < 1.29 is 9.23 Å². The maximum absolute atomic E-state index is 14.5. The van der Waals surface area contributed by atoms with Gasteiger partial charge in [0.15, 0.2) is 12.0 Å². The maximum atomic E-state index is 14.5. The highest BCUT2D eigenvalue weighted by atomic mass is 35.5. The van der Waals surface area contributed by atoms with Crippen LogP contribution in [0.1, 0.15) is 40.2 Å². The van der Waals surface area contributed by atoms with Crippen LogP contribution in [-0.2, 0) is 11.9 Å². The van der Waals surface area contributed by atoms with E-state index >= 15 is 0 Å². The van der Waals surface area contributed by atoms with Crippen LogP contribution < -0.4 is 11.4 Å². The first kappa shape index (κ1) is 24.3. The number of nitrogens with two attached hydrogens (primary N) is 1. The van der Waals surface area contributed by atoms with E-state index in [9.17, 15) is 9.18 Å². The van der Waals surface area contributed by atoms with Crippen molar-refractivity contribution in [3.05, 3.63) is 51.3 Å². The zero-order valence-electron chi connectivity index (χ0n) is 17.5. The van der Waals surface area contributed by atoms with Crippen LogP contribution in [0.3, 0.4) is 0 Å². The van der Waals surface area contributed by atoms with Crippen molar-refractivity contribution in [1.29, 1.82) is 0 Å². The second-order valence-corrected chi connectivity index (χ2v) is 5.94. The lowest BCUT2D eigenvalue weighted by Crippen LogP contribution is -2.18. The predicted molar refractivity (Wildman–Crippen MR) is 117 cm³/mol. The third kappa shape index (κ3) is 6.13. The number of benzene rings is 1. The van der Waals surface area contributed by atoms with Crippen molar-refractivity contribution in [2.75, 3.05) is 0 Å². The van der Waals surface area contributed by atoms with E-state index in [4.69, 9.17) is 22.2 Å². The number of hydrogen-bond acceptors (Lipinski definition) is 5. The van der Waals surface area contributed by atoms with E-state index in [-0.39, 0.29) is 10.6 Å². The normalized spacial score (nSPS) is 11.5. The standard InChI is InChI=1S/C16H15ClFN5O2.2C2H6/c1-8(19)25-20-6-9-3-11(14(18)12(17)4-9)13-5-10-7-23(2)16(24)22-15(10)21-13;2*1-2/h3-8H,19H2,1-2H3,(H,21,22,24);2*1-2H3/b20-6+;;. The zero-order chi connectivity index (χ0) is 22.1. The summed E-state index contributed by atoms with van der Waals surface area (Å²) in [5, 5.41) is 4.32. The molecule has 0 saturated carbocycles. The summed E-state index contributed by atoms with van der Waals surface area (Å²) in [5.74, 6) is -0.592. The quantitative estimate of drug-likeness (QED) is 0.368. The summed E-state index contributed by atoms with van der Waals surface area (Å²) in [4.78, 5) is 23.3. The van der Waals surface area contributed by atoms with E-state index in [2.05, 4.69) is 15.1 Å². The summed E-state index contributed by atoms with van der Waals surface area (Å²) < 4.78 is 15.8. The van der Waals surface area contributed by atoms with Crippen LogP contribution in [0.5, 0.6) is 0 Å². The van der Waals surface area contributed by atoms with Crippen molar-refractivity contribution in [3.63, 3.8) is 0 Å². The number of aromatic amines is 1. The van der Waals surface area contributed by atoms with Gasteiger partial charge in [0.2, 0.25) is 0 Å². The van der Waals surface area contributed by atoms with Gasteiger partial charge >= 0.3 is 5.69 Å². The Morgan fingerprint density at radius 3 is 2.59 bits per heavy atom. The molecule has 7 nitrogen and oxygen atoms in total. The molecule has 0 saturated heterocycles. The molecule has 0 aliphatic carbocycles. The molecule has 3 rings (SSSR count). The van der Waals surface area contributed by atoms with Gasteiger partial charge in [-0.1, -0.05) is 44.5 Å². The van der Waals surface area contributed by atoms with Crippen LogP contribution in [0.25, 0.3) is 22.3 Å². The third-order valence-electron chi connectivity index (χ3n) is 3.44. The minimum Gasteiger partial charge on any atom is -0.377 e. The first-order chi connectivity index (χ1) is 13.8. The Balaban J connectivity index is 0.000000989. The molecule has 0 spiro atoms. The summed E-state index contributed by atoms with van der Waals surface area (Å²) in [6.45, 7) is 9.63. The summed E-state index contributed by atoms with van der Waals surface area (Å²) >= 11 is 5.97. The maximum Gasteiger partial charge on any atom is 0.349 e. The van der Waals surface area contributed by atoms with Gasteiger partial charge < -0.3 is 14.4 Å². The fourth-order valence-corrected chi connectivity index (χ4v) is 2.53. The highest BCUT2D eigenvalue weighted by Crippen LogP contribution is 2.30. The highest BCUT2D eigenvalue weighted by Gasteiger charge is 2.14. The van der Waals surface area contributed by atoms with Crippen LogP contribution in [-0.4, -0.2) is 27.0 Å². The zero-order valence-corrected chi connectivity index (χ0v) is 18.2. The van der Waals surface area contributed by atoms with Gasteiger partial charge in [0, 0.05) is 24.2 Å². The number of oxime groups is 1. The van der Waals surface area contributed by atoms with Gasteiger partial charge in [0.05, 0.1) is 16.9 Å².